The van der Waals surface area contributed by atoms with Crippen LogP contribution in [0.4, 0.5) is 0 Å². The molecule has 3 heterocycles. The van der Waals surface area contributed by atoms with Gasteiger partial charge in [0.15, 0.2) is 9.84 Å². The first-order valence-corrected chi connectivity index (χ1v) is 12.1. The molecule has 0 saturated carbocycles. The van der Waals surface area contributed by atoms with Crippen LogP contribution in [0.2, 0.25) is 0 Å². The summed E-state index contributed by atoms with van der Waals surface area (Å²) in [5.74, 6) is 0.732. The highest BCUT2D eigenvalue weighted by Gasteiger charge is 2.35. The molecule has 2 saturated heterocycles. The summed E-state index contributed by atoms with van der Waals surface area (Å²) in [7, 11) is -2.85. The normalized spacial score (nSPS) is 26.4. The lowest BCUT2D eigenvalue weighted by atomic mass is 9.94. The number of carbonyl (C=O) groups excluding carboxylic acids is 1. The van der Waals surface area contributed by atoms with Crippen molar-refractivity contribution in [1.82, 2.24) is 20.4 Å². The van der Waals surface area contributed by atoms with E-state index in [1.165, 1.54) is 30.5 Å². The summed E-state index contributed by atoms with van der Waals surface area (Å²) in [6.45, 7) is 2.14. The van der Waals surface area contributed by atoms with Crippen molar-refractivity contribution in [1.29, 1.82) is 0 Å². The summed E-state index contributed by atoms with van der Waals surface area (Å²) in [6.07, 6.45) is 8.14. The van der Waals surface area contributed by atoms with E-state index in [0.29, 0.717) is 12.3 Å². The van der Waals surface area contributed by atoms with Crippen molar-refractivity contribution in [2.75, 3.05) is 24.6 Å². The van der Waals surface area contributed by atoms with Gasteiger partial charge in [0.2, 0.25) is 5.91 Å². The number of sulfone groups is 1. The number of piperidine rings is 1. The van der Waals surface area contributed by atoms with Gasteiger partial charge in [-0.1, -0.05) is 6.42 Å². The summed E-state index contributed by atoms with van der Waals surface area (Å²) in [6, 6.07) is 0.151. The van der Waals surface area contributed by atoms with Crippen LogP contribution >= 0.6 is 0 Å². The molecule has 150 valence electrons. The number of rotatable bonds is 4. The van der Waals surface area contributed by atoms with Crippen LogP contribution in [0.25, 0.3) is 0 Å². The van der Waals surface area contributed by atoms with E-state index in [1.54, 1.807) is 0 Å². The summed E-state index contributed by atoms with van der Waals surface area (Å²) in [4.78, 5) is 14.9. The fourth-order valence-electron chi connectivity index (χ4n) is 4.78. The number of aromatic amines is 1. The average Bonchev–Trinajstić information content (AvgIpc) is 3.13. The average molecular weight is 395 g/mol. The first-order valence-electron chi connectivity index (χ1n) is 10.3. The molecular weight excluding hydrogens is 364 g/mol. The Morgan fingerprint density at radius 1 is 1.15 bits per heavy atom. The third-order valence-electron chi connectivity index (χ3n) is 6.45. The van der Waals surface area contributed by atoms with Crippen molar-refractivity contribution in [2.45, 2.75) is 64.0 Å². The molecule has 4 rings (SSSR count). The maximum Gasteiger partial charge on any atom is 0.223 e. The predicted molar refractivity (Wildman–Crippen MR) is 103 cm³/mol. The van der Waals surface area contributed by atoms with Crippen LogP contribution in [-0.2, 0) is 34.0 Å². The number of aryl methyl sites for hydroxylation is 1. The number of nitrogens with zero attached hydrogens (tertiary/aromatic N) is 2. The molecule has 27 heavy (non-hydrogen) atoms. The van der Waals surface area contributed by atoms with Crippen LogP contribution in [0.5, 0.6) is 0 Å². The van der Waals surface area contributed by atoms with Gasteiger partial charge in [0.05, 0.1) is 23.7 Å². The van der Waals surface area contributed by atoms with Gasteiger partial charge in [-0.25, -0.2) is 8.42 Å². The topological polar surface area (TPSA) is 95.2 Å². The van der Waals surface area contributed by atoms with Gasteiger partial charge in [-0.3, -0.25) is 14.8 Å². The summed E-state index contributed by atoms with van der Waals surface area (Å²) in [5.41, 5.74) is 3.55. The summed E-state index contributed by atoms with van der Waals surface area (Å²) in [5, 5.41) is 10.7. The van der Waals surface area contributed by atoms with Gasteiger partial charge in [0.1, 0.15) is 0 Å². The minimum Gasteiger partial charge on any atom is -0.350 e. The third kappa shape index (κ3) is 4.37. The molecule has 0 bridgehead atoms. The van der Waals surface area contributed by atoms with Crippen molar-refractivity contribution in [2.24, 2.45) is 5.92 Å². The second-order valence-corrected chi connectivity index (χ2v) is 10.5. The van der Waals surface area contributed by atoms with Crippen LogP contribution in [0, 0.1) is 5.92 Å². The number of aromatic nitrogens is 2. The number of nitrogens with one attached hydrogen (secondary N) is 2. The number of amides is 1. The van der Waals surface area contributed by atoms with Crippen molar-refractivity contribution in [3.8, 4) is 0 Å². The van der Waals surface area contributed by atoms with Crippen LogP contribution < -0.4 is 5.32 Å². The second-order valence-electron chi connectivity index (χ2n) is 8.27. The Bertz CT molecular complexity index is 781. The summed E-state index contributed by atoms with van der Waals surface area (Å²) < 4.78 is 23.4. The molecule has 1 aliphatic carbocycles. The third-order valence-corrected chi connectivity index (χ3v) is 8.20. The molecular formula is C19H30N4O3S. The fraction of sp³-hybridized carbons (Fsp3) is 0.789. The molecule has 1 aromatic rings. The second kappa shape index (κ2) is 7.91. The molecule has 2 fully saturated rings. The number of H-pyrrole nitrogens is 1. The standard InChI is InChI=1S/C19H30N4O3S/c24-19(20-12-18-16-4-2-1-3-5-17(16)21-22-18)14-6-9-23(10-7-14)15-8-11-27(25,26)13-15/h14-15H,1-13H2,(H,20,24)(H,21,22)/t15-/m0/s1. The zero-order chi connectivity index (χ0) is 18.9. The Labute approximate surface area is 161 Å². The Morgan fingerprint density at radius 2 is 1.93 bits per heavy atom. The van der Waals surface area contributed by atoms with E-state index < -0.39 is 9.84 Å². The van der Waals surface area contributed by atoms with E-state index in [4.69, 9.17) is 0 Å². The van der Waals surface area contributed by atoms with Gasteiger partial charge < -0.3 is 5.32 Å². The van der Waals surface area contributed by atoms with E-state index in [9.17, 15) is 13.2 Å². The van der Waals surface area contributed by atoms with Crippen LogP contribution in [0.1, 0.15) is 55.5 Å². The molecule has 0 unspecified atom stereocenters. The molecule has 0 aromatic carbocycles. The number of hydrogen-bond acceptors (Lipinski definition) is 5. The van der Waals surface area contributed by atoms with E-state index in [1.807, 2.05) is 0 Å². The Balaban J connectivity index is 1.26. The molecule has 1 amide bonds. The highest BCUT2D eigenvalue weighted by Crippen LogP contribution is 2.25. The van der Waals surface area contributed by atoms with Crippen LogP contribution in [-0.4, -0.2) is 60.1 Å². The van der Waals surface area contributed by atoms with Crippen molar-refractivity contribution in [3.05, 3.63) is 17.0 Å². The zero-order valence-corrected chi connectivity index (χ0v) is 16.7. The first kappa shape index (κ1) is 18.9. The molecule has 0 spiro atoms. The van der Waals surface area contributed by atoms with E-state index in [2.05, 4.69) is 20.4 Å². The number of hydrogen-bond donors (Lipinski definition) is 2. The number of likely N-dealkylation sites (tertiary alicyclic amines) is 1. The smallest absolute Gasteiger partial charge is 0.223 e. The Hall–Kier alpha value is -1.41. The van der Waals surface area contributed by atoms with Gasteiger partial charge in [0, 0.05) is 17.7 Å². The first-order chi connectivity index (χ1) is 13.0. The molecule has 0 radical (unpaired) electrons. The number of fused-ring (bicyclic) bond motifs is 1. The lowest BCUT2D eigenvalue weighted by Gasteiger charge is -2.34. The largest absolute Gasteiger partial charge is 0.350 e. The van der Waals surface area contributed by atoms with Crippen molar-refractivity contribution < 1.29 is 13.2 Å². The van der Waals surface area contributed by atoms with Gasteiger partial charge in [-0.05, 0) is 63.6 Å². The van der Waals surface area contributed by atoms with Crippen molar-refractivity contribution >= 4 is 15.7 Å². The molecule has 1 aromatic heterocycles. The highest BCUT2D eigenvalue weighted by atomic mass is 32.2. The fourth-order valence-corrected chi connectivity index (χ4v) is 6.54. The molecule has 7 nitrogen and oxygen atoms in total. The number of carbonyl (C=O) groups is 1. The molecule has 2 N–H and O–H groups in total. The molecule has 1 atom stereocenters. The zero-order valence-electron chi connectivity index (χ0n) is 15.9. The van der Waals surface area contributed by atoms with Crippen LogP contribution in [0.15, 0.2) is 0 Å². The monoisotopic (exact) mass is 394 g/mol. The SMILES string of the molecule is O=C(NCc1n[nH]c2c1CCCCC2)C1CCN([C@H]2CCS(=O)(=O)C2)CC1. The molecule has 2 aliphatic heterocycles. The lowest BCUT2D eigenvalue weighted by Crippen LogP contribution is -2.45. The minimum absolute atomic E-state index is 0.0248. The van der Waals surface area contributed by atoms with Crippen molar-refractivity contribution in [3.63, 3.8) is 0 Å². The van der Waals surface area contributed by atoms with E-state index in [0.717, 1.165) is 50.9 Å². The summed E-state index contributed by atoms with van der Waals surface area (Å²) >= 11 is 0. The van der Waals surface area contributed by atoms with Gasteiger partial charge in [0.25, 0.3) is 0 Å². The van der Waals surface area contributed by atoms with Gasteiger partial charge in [-0.2, -0.15) is 5.10 Å². The highest BCUT2D eigenvalue weighted by molar-refractivity contribution is 7.91. The quantitative estimate of drug-likeness (QED) is 0.748. The van der Waals surface area contributed by atoms with Crippen LogP contribution in [0.3, 0.4) is 0 Å². The minimum atomic E-state index is -2.85. The van der Waals surface area contributed by atoms with Gasteiger partial charge in [-0.15, -0.1) is 0 Å². The molecule has 3 aliphatic rings. The Kier molecular flexibility index (Phi) is 5.55. The van der Waals surface area contributed by atoms with E-state index >= 15 is 0 Å². The molecule has 8 heteroatoms. The lowest BCUT2D eigenvalue weighted by molar-refractivity contribution is -0.126. The Morgan fingerprint density at radius 3 is 2.67 bits per heavy atom. The van der Waals surface area contributed by atoms with Gasteiger partial charge >= 0.3 is 0 Å². The predicted octanol–water partition coefficient (Wildman–Crippen LogP) is 1.19. The maximum absolute atomic E-state index is 12.6. The maximum atomic E-state index is 12.6. The van der Waals surface area contributed by atoms with E-state index in [-0.39, 0.29) is 23.6 Å².